The molecule has 0 saturated carbocycles. The molecule has 1 unspecified atom stereocenters. The quantitative estimate of drug-likeness (QED) is 0.0542. The Kier molecular flexibility index (Phi) is 14.7. The van der Waals surface area contributed by atoms with Gasteiger partial charge >= 0.3 is 0 Å². The minimum atomic E-state index is -0.678. The Bertz CT molecular complexity index is 3310. The Labute approximate surface area is 430 Å². The smallest absolute Gasteiger partial charge is 0.288 e. The zero-order chi connectivity index (χ0) is 51.0. The first-order chi connectivity index (χ1) is 36.1. The minimum Gasteiger partial charge on any atom is -0.378 e. The maximum Gasteiger partial charge on any atom is 0.288 e. The van der Waals surface area contributed by atoms with Crippen LogP contribution in [0.3, 0.4) is 0 Å². The van der Waals surface area contributed by atoms with Crippen LogP contribution < -0.4 is 42.1 Å². The normalized spacial score (nSPS) is 14.5. The molecule has 0 bridgehead atoms. The second kappa shape index (κ2) is 22.3. The fraction of sp³-hybridized carbons (Fsp3) is 0.163. The highest BCUT2D eigenvalue weighted by Gasteiger charge is 2.27. The number of carbonyl (C=O) groups is 2. The molecular weight excluding hydrogens is 1000 g/mol. The number of aromatic nitrogens is 9. The molecule has 0 spiro atoms. The van der Waals surface area contributed by atoms with E-state index < -0.39 is 29.6 Å². The monoisotopic (exact) mass is 1040 g/mol. The predicted molar refractivity (Wildman–Crippen MR) is 272 cm³/mol. The molecule has 10 rings (SSSR count). The summed E-state index contributed by atoms with van der Waals surface area (Å²) in [6.45, 7) is 2.55. The number of amides is 2. The minimum absolute atomic E-state index is 0.00383. The zero-order valence-corrected chi connectivity index (χ0v) is 40.2. The molecule has 8 heterocycles. The number of nitrogens with one attached hydrogen (secondary N) is 6. The third-order valence-corrected chi connectivity index (χ3v) is 11.8. The van der Waals surface area contributed by atoms with Crippen molar-refractivity contribution in [1.29, 1.82) is 0 Å². The number of ether oxygens (including phenoxy) is 2. The van der Waals surface area contributed by atoms with Gasteiger partial charge < -0.3 is 29.9 Å². The zero-order valence-electron chi connectivity index (χ0n) is 38.6. The molecule has 21 nitrogen and oxygen atoms in total. The van der Waals surface area contributed by atoms with Crippen molar-refractivity contribution in [1.82, 2.24) is 55.7 Å². The number of hydrazine groups is 2. The van der Waals surface area contributed by atoms with E-state index in [-0.39, 0.29) is 48.1 Å². The lowest BCUT2D eigenvalue weighted by Gasteiger charge is -2.33. The fourth-order valence-electron chi connectivity index (χ4n) is 7.81. The van der Waals surface area contributed by atoms with Gasteiger partial charge in [-0.2, -0.15) is 9.97 Å². The molecule has 74 heavy (non-hydrogen) atoms. The molecular formula is C49H41Cl2F2N17O4. The molecule has 6 N–H and O–H groups in total. The number of morpholine rings is 2. The molecule has 6 aromatic heterocycles. The second-order valence-electron chi connectivity index (χ2n) is 16.4. The van der Waals surface area contributed by atoms with Gasteiger partial charge in [0.15, 0.2) is 29.1 Å². The van der Waals surface area contributed by atoms with Crippen molar-refractivity contribution in [2.45, 2.75) is 6.10 Å². The van der Waals surface area contributed by atoms with Crippen LogP contribution in [-0.4, -0.2) is 103 Å². The van der Waals surface area contributed by atoms with Crippen LogP contribution in [0.2, 0.25) is 10.0 Å². The standard InChI is InChI=1S/C49H41Cl2F2N17O4/c50-31-16-29(28-2-1-8-54-22-28)18-35(20-31)60-33-3-5-40(56-23-33)47(72)66-68-49-59-26-38(53)45(64-49)70-12-15-74-42(27-70)39-7-9-55-43(62-39)30-17-32(51)21-36(19-30)61-34-4-6-41(57-24-34)46(71)65-67-48-58-25-37(52)44(63-48)69-10-13-73-14-11-69/h1-9,16-26,42,60-61H,10-15,27H2,(H,65,71)(H,66,72)(H,58,63,67)(H,59,64,68). The molecule has 0 radical (unpaired) electrons. The highest BCUT2D eigenvalue weighted by atomic mass is 35.5. The average molecular weight is 1040 g/mol. The van der Waals surface area contributed by atoms with Crippen LogP contribution in [0.15, 0.2) is 122 Å². The Hall–Kier alpha value is -8.77. The molecule has 25 heteroatoms. The van der Waals surface area contributed by atoms with E-state index in [9.17, 15) is 14.0 Å². The summed E-state index contributed by atoms with van der Waals surface area (Å²) in [5, 5.41) is 7.41. The predicted octanol–water partition coefficient (Wildman–Crippen LogP) is 7.58. The number of rotatable bonds is 15. The van der Waals surface area contributed by atoms with Gasteiger partial charge in [0.2, 0.25) is 11.9 Å². The first kappa shape index (κ1) is 48.8. The molecule has 2 saturated heterocycles. The van der Waals surface area contributed by atoms with E-state index in [0.29, 0.717) is 77.0 Å². The number of benzene rings is 2. The van der Waals surface area contributed by atoms with Crippen LogP contribution in [0.25, 0.3) is 22.5 Å². The number of carbonyl (C=O) groups excluding carboxylic acids is 2. The summed E-state index contributed by atoms with van der Waals surface area (Å²) >= 11 is 13.0. The molecule has 2 amide bonds. The summed E-state index contributed by atoms with van der Waals surface area (Å²) in [7, 11) is 0. The van der Waals surface area contributed by atoms with Gasteiger partial charge in [-0.3, -0.25) is 36.3 Å². The van der Waals surface area contributed by atoms with Gasteiger partial charge in [0.05, 0.1) is 68.2 Å². The van der Waals surface area contributed by atoms with Crippen LogP contribution in [0.5, 0.6) is 0 Å². The molecule has 2 aliphatic heterocycles. The van der Waals surface area contributed by atoms with Crippen molar-refractivity contribution in [3.05, 3.63) is 161 Å². The number of anilines is 8. The largest absolute Gasteiger partial charge is 0.378 e. The van der Waals surface area contributed by atoms with Crippen LogP contribution in [-0.2, 0) is 9.47 Å². The first-order valence-electron chi connectivity index (χ1n) is 22.7. The van der Waals surface area contributed by atoms with Crippen molar-refractivity contribution >= 4 is 81.3 Å². The summed E-state index contributed by atoms with van der Waals surface area (Å²) in [5.41, 5.74) is 15.8. The Balaban J connectivity index is 0.738. The van der Waals surface area contributed by atoms with Crippen LogP contribution >= 0.6 is 23.2 Å². The average Bonchev–Trinajstić information content (AvgIpc) is 3.43. The number of halogens is 4. The third kappa shape index (κ3) is 11.9. The Morgan fingerprint density at radius 3 is 1.77 bits per heavy atom. The van der Waals surface area contributed by atoms with E-state index >= 15 is 4.39 Å². The lowest BCUT2D eigenvalue weighted by molar-refractivity contribution is 0.0365. The van der Waals surface area contributed by atoms with Gasteiger partial charge in [-0.15, -0.1) is 0 Å². The summed E-state index contributed by atoms with van der Waals surface area (Å²) in [4.78, 5) is 68.0. The van der Waals surface area contributed by atoms with Crippen LogP contribution in [0.1, 0.15) is 32.8 Å². The van der Waals surface area contributed by atoms with Gasteiger partial charge in [0.1, 0.15) is 17.5 Å². The lowest BCUT2D eigenvalue weighted by Crippen LogP contribution is -2.40. The van der Waals surface area contributed by atoms with Gasteiger partial charge in [-0.05, 0) is 78.4 Å². The summed E-state index contributed by atoms with van der Waals surface area (Å²) in [6.07, 6.45) is 9.45. The Morgan fingerprint density at radius 1 is 0.581 bits per heavy atom. The number of hydrogen-bond acceptors (Lipinski definition) is 19. The van der Waals surface area contributed by atoms with E-state index in [1.807, 2.05) is 24.3 Å². The lowest BCUT2D eigenvalue weighted by atomic mass is 10.1. The van der Waals surface area contributed by atoms with Crippen molar-refractivity contribution in [2.75, 3.05) is 77.3 Å². The summed E-state index contributed by atoms with van der Waals surface area (Å²) < 4.78 is 41.3. The SMILES string of the molecule is O=C(NNc1ncc(F)c(N2CCOCC2)n1)c1ccc(Nc2cc(Cl)cc(-c3nccc(C4CN(c5nc(NNC(=O)c6ccc(Nc7cc(Cl)cc(-c8cccnc8)c7)cn6)ncc5F)CCO4)n3)c2)cn1. The van der Waals surface area contributed by atoms with Gasteiger partial charge in [-0.1, -0.05) is 29.3 Å². The first-order valence-corrected chi connectivity index (χ1v) is 23.5. The van der Waals surface area contributed by atoms with Crippen molar-refractivity contribution in [3.63, 3.8) is 0 Å². The summed E-state index contributed by atoms with van der Waals surface area (Å²) in [6, 6.07) is 22.7. The highest BCUT2D eigenvalue weighted by Crippen LogP contribution is 2.32. The maximum atomic E-state index is 15.4. The van der Waals surface area contributed by atoms with E-state index in [1.54, 1.807) is 70.9 Å². The maximum absolute atomic E-state index is 15.4. The van der Waals surface area contributed by atoms with Gasteiger partial charge in [-0.25, -0.2) is 38.7 Å². The van der Waals surface area contributed by atoms with Crippen molar-refractivity contribution in [2.24, 2.45) is 0 Å². The van der Waals surface area contributed by atoms with E-state index in [2.05, 4.69) is 72.2 Å². The molecule has 2 aromatic carbocycles. The molecule has 1 atom stereocenters. The number of hydrogen-bond donors (Lipinski definition) is 6. The van der Waals surface area contributed by atoms with E-state index in [4.69, 9.17) is 37.7 Å². The highest BCUT2D eigenvalue weighted by molar-refractivity contribution is 6.31. The molecule has 2 fully saturated rings. The van der Waals surface area contributed by atoms with E-state index in [0.717, 1.165) is 29.2 Å². The molecule has 0 aliphatic carbocycles. The van der Waals surface area contributed by atoms with Crippen LogP contribution in [0, 0.1) is 11.6 Å². The summed E-state index contributed by atoms with van der Waals surface area (Å²) in [5.74, 6) is -2.03. The fourth-order valence-corrected chi connectivity index (χ4v) is 8.28. The number of pyridine rings is 3. The molecule has 2 aliphatic rings. The number of nitrogens with zero attached hydrogens (tertiary/aromatic N) is 11. The second-order valence-corrected chi connectivity index (χ2v) is 17.3. The van der Waals surface area contributed by atoms with Gasteiger partial charge in [0, 0.05) is 70.8 Å². The van der Waals surface area contributed by atoms with Crippen molar-refractivity contribution in [3.8, 4) is 22.5 Å². The van der Waals surface area contributed by atoms with Gasteiger partial charge in [0.25, 0.3) is 11.8 Å². The Morgan fingerprint density at radius 2 is 1.18 bits per heavy atom. The third-order valence-electron chi connectivity index (χ3n) is 11.3. The van der Waals surface area contributed by atoms with Crippen LogP contribution in [0.4, 0.5) is 55.1 Å². The topological polar surface area (TPSA) is 247 Å². The van der Waals surface area contributed by atoms with Crippen molar-refractivity contribution < 1.29 is 27.8 Å². The molecule has 8 aromatic rings. The molecule has 374 valence electrons. The van der Waals surface area contributed by atoms with E-state index in [1.165, 1.54) is 24.5 Å².